The molecule has 26 heavy (non-hydrogen) atoms. The van der Waals surface area contributed by atoms with Gasteiger partial charge in [0, 0.05) is 0 Å². The van der Waals surface area contributed by atoms with Crippen LogP contribution in [-0.4, -0.2) is 48.6 Å². The Labute approximate surface area is 156 Å². The third-order valence-corrected chi connectivity index (χ3v) is 4.30. The standard InChI is InChI=1S/C20H32N2O4/c1-13(2)5-17-19(11-23-7-15-9-25-15)22-18(6-14(3)4)20(21-17)12-24-8-16-10-26-16/h13-16H,5-12H2,1-4H3. The highest BCUT2D eigenvalue weighted by atomic mass is 16.6. The lowest BCUT2D eigenvalue weighted by Gasteiger charge is -2.17. The number of rotatable bonds is 12. The van der Waals surface area contributed by atoms with Gasteiger partial charge in [-0.05, 0) is 24.7 Å². The molecule has 146 valence electrons. The number of hydrogen-bond acceptors (Lipinski definition) is 6. The van der Waals surface area contributed by atoms with Crippen molar-refractivity contribution in [1.29, 1.82) is 0 Å². The molecular weight excluding hydrogens is 332 g/mol. The van der Waals surface area contributed by atoms with E-state index in [1.54, 1.807) is 0 Å². The summed E-state index contributed by atoms with van der Waals surface area (Å²) in [6.07, 6.45) is 2.33. The molecule has 2 fully saturated rings. The van der Waals surface area contributed by atoms with E-state index >= 15 is 0 Å². The predicted molar refractivity (Wildman–Crippen MR) is 97.9 cm³/mol. The van der Waals surface area contributed by atoms with Crippen LogP contribution in [0.2, 0.25) is 0 Å². The van der Waals surface area contributed by atoms with E-state index in [-0.39, 0.29) is 12.2 Å². The Kier molecular flexibility index (Phi) is 6.98. The molecule has 2 saturated heterocycles. The van der Waals surface area contributed by atoms with Crippen LogP contribution in [0.1, 0.15) is 50.5 Å². The predicted octanol–water partition coefficient (Wildman–Crippen LogP) is 2.70. The van der Waals surface area contributed by atoms with Crippen LogP contribution in [-0.2, 0) is 45.0 Å². The van der Waals surface area contributed by atoms with Crippen molar-refractivity contribution in [3.8, 4) is 0 Å². The molecule has 2 unspecified atom stereocenters. The number of ether oxygens (including phenoxy) is 4. The fourth-order valence-electron chi connectivity index (χ4n) is 2.82. The van der Waals surface area contributed by atoms with Crippen molar-refractivity contribution >= 4 is 0 Å². The van der Waals surface area contributed by atoms with E-state index in [2.05, 4.69) is 27.7 Å². The summed E-state index contributed by atoms with van der Waals surface area (Å²) in [5.41, 5.74) is 3.99. The highest BCUT2D eigenvalue weighted by molar-refractivity contribution is 5.21. The van der Waals surface area contributed by atoms with Crippen LogP contribution in [0.5, 0.6) is 0 Å². The monoisotopic (exact) mass is 364 g/mol. The van der Waals surface area contributed by atoms with Gasteiger partial charge in [-0.25, -0.2) is 0 Å². The highest BCUT2D eigenvalue weighted by Gasteiger charge is 2.24. The molecule has 0 N–H and O–H groups in total. The average Bonchev–Trinajstić information content (AvgIpc) is 3.44. The molecule has 0 aliphatic carbocycles. The van der Waals surface area contributed by atoms with Gasteiger partial charge in [0.25, 0.3) is 0 Å². The maximum Gasteiger partial charge on any atom is 0.104 e. The Bertz CT molecular complexity index is 532. The summed E-state index contributed by atoms with van der Waals surface area (Å²) in [5.74, 6) is 1.03. The van der Waals surface area contributed by atoms with Gasteiger partial charge in [0.05, 0.1) is 62.4 Å². The first-order valence-electron chi connectivity index (χ1n) is 9.77. The molecular formula is C20H32N2O4. The molecule has 0 aromatic carbocycles. The Balaban J connectivity index is 1.74. The minimum atomic E-state index is 0.268. The molecule has 0 radical (unpaired) electrons. The summed E-state index contributed by atoms with van der Waals surface area (Å²) in [6, 6.07) is 0. The van der Waals surface area contributed by atoms with Crippen LogP contribution in [0.25, 0.3) is 0 Å². The number of aromatic nitrogens is 2. The lowest BCUT2D eigenvalue weighted by atomic mass is 10.0. The van der Waals surface area contributed by atoms with Gasteiger partial charge >= 0.3 is 0 Å². The number of nitrogens with zero attached hydrogens (tertiary/aromatic N) is 2. The van der Waals surface area contributed by atoms with Crippen molar-refractivity contribution in [3.63, 3.8) is 0 Å². The molecule has 6 nitrogen and oxygen atoms in total. The third-order valence-electron chi connectivity index (χ3n) is 4.30. The normalized spacial score (nSPS) is 21.6. The molecule has 2 aliphatic heterocycles. The van der Waals surface area contributed by atoms with Gasteiger partial charge in [-0.15, -0.1) is 0 Å². The summed E-state index contributed by atoms with van der Waals surface area (Å²) in [5, 5.41) is 0. The fraction of sp³-hybridized carbons (Fsp3) is 0.800. The van der Waals surface area contributed by atoms with Crippen LogP contribution in [0.3, 0.4) is 0 Å². The van der Waals surface area contributed by atoms with E-state index in [0.29, 0.717) is 38.3 Å². The lowest BCUT2D eigenvalue weighted by molar-refractivity contribution is 0.0968. The van der Waals surface area contributed by atoms with Crippen molar-refractivity contribution in [2.75, 3.05) is 26.4 Å². The van der Waals surface area contributed by atoms with Crippen molar-refractivity contribution in [1.82, 2.24) is 9.97 Å². The van der Waals surface area contributed by atoms with Crippen molar-refractivity contribution < 1.29 is 18.9 Å². The van der Waals surface area contributed by atoms with E-state index in [0.717, 1.165) is 48.8 Å². The SMILES string of the molecule is CC(C)Cc1nc(COCC2CO2)c(CC(C)C)nc1COCC1CO1. The van der Waals surface area contributed by atoms with E-state index < -0.39 is 0 Å². The average molecular weight is 364 g/mol. The van der Waals surface area contributed by atoms with Gasteiger partial charge in [-0.3, -0.25) is 9.97 Å². The summed E-state index contributed by atoms with van der Waals surface area (Å²) in [7, 11) is 0. The quantitative estimate of drug-likeness (QED) is 0.531. The molecule has 6 heteroatoms. The third kappa shape index (κ3) is 6.58. The van der Waals surface area contributed by atoms with Crippen LogP contribution in [0.15, 0.2) is 0 Å². The Morgan fingerprint density at radius 3 is 1.46 bits per heavy atom. The molecule has 3 heterocycles. The van der Waals surface area contributed by atoms with E-state index in [1.807, 2.05) is 0 Å². The molecule has 0 saturated carbocycles. The first-order chi connectivity index (χ1) is 12.5. The molecule has 0 amide bonds. The lowest BCUT2D eigenvalue weighted by Crippen LogP contribution is -2.16. The van der Waals surface area contributed by atoms with Crippen molar-refractivity contribution in [2.45, 2.75) is 66.0 Å². The minimum absolute atomic E-state index is 0.268. The van der Waals surface area contributed by atoms with Gasteiger partial charge in [-0.2, -0.15) is 0 Å². The molecule has 2 aliphatic rings. The Morgan fingerprint density at radius 1 is 0.769 bits per heavy atom. The molecule has 0 spiro atoms. The summed E-state index contributed by atoms with van der Waals surface area (Å²) in [6.45, 7) is 12.7. The van der Waals surface area contributed by atoms with Crippen LogP contribution < -0.4 is 0 Å². The summed E-state index contributed by atoms with van der Waals surface area (Å²) in [4.78, 5) is 9.91. The smallest absolute Gasteiger partial charge is 0.104 e. The Morgan fingerprint density at radius 2 is 1.15 bits per heavy atom. The van der Waals surface area contributed by atoms with Crippen LogP contribution >= 0.6 is 0 Å². The zero-order valence-electron chi connectivity index (χ0n) is 16.5. The van der Waals surface area contributed by atoms with Gasteiger partial charge in [0.2, 0.25) is 0 Å². The fourth-order valence-corrected chi connectivity index (χ4v) is 2.82. The molecule has 1 aromatic heterocycles. The molecule has 1 aromatic rings. The zero-order chi connectivity index (χ0) is 18.5. The maximum atomic E-state index is 5.81. The van der Waals surface area contributed by atoms with Gasteiger partial charge in [-0.1, -0.05) is 27.7 Å². The Hall–Kier alpha value is -1.08. The maximum absolute atomic E-state index is 5.81. The second-order valence-corrected chi connectivity index (χ2v) is 8.15. The topological polar surface area (TPSA) is 69.3 Å². The van der Waals surface area contributed by atoms with E-state index in [4.69, 9.17) is 28.9 Å². The summed E-state index contributed by atoms with van der Waals surface area (Å²) >= 11 is 0. The second kappa shape index (κ2) is 9.22. The zero-order valence-corrected chi connectivity index (χ0v) is 16.5. The first kappa shape index (κ1) is 19.7. The number of hydrogen-bond donors (Lipinski definition) is 0. The van der Waals surface area contributed by atoms with Gasteiger partial charge < -0.3 is 18.9 Å². The van der Waals surface area contributed by atoms with Crippen LogP contribution in [0, 0.1) is 11.8 Å². The van der Waals surface area contributed by atoms with Crippen LogP contribution in [0.4, 0.5) is 0 Å². The first-order valence-corrected chi connectivity index (χ1v) is 9.77. The molecule has 0 bridgehead atoms. The van der Waals surface area contributed by atoms with E-state index in [1.165, 1.54) is 0 Å². The van der Waals surface area contributed by atoms with E-state index in [9.17, 15) is 0 Å². The van der Waals surface area contributed by atoms with Crippen molar-refractivity contribution in [3.05, 3.63) is 22.8 Å². The summed E-state index contributed by atoms with van der Waals surface area (Å²) < 4.78 is 22.1. The molecule has 2 atom stereocenters. The van der Waals surface area contributed by atoms with Crippen molar-refractivity contribution in [2.24, 2.45) is 11.8 Å². The number of epoxide rings is 2. The van der Waals surface area contributed by atoms with Gasteiger partial charge in [0.15, 0.2) is 0 Å². The second-order valence-electron chi connectivity index (χ2n) is 8.15. The molecule has 3 rings (SSSR count). The minimum Gasteiger partial charge on any atom is -0.372 e. The van der Waals surface area contributed by atoms with Gasteiger partial charge in [0.1, 0.15) is 12.2 Å². The highest BCUT2D eigenvalue weighted by Crippen LogP contribution is 2.19. The largest absolute Gasteiger partial charge is 0.372 e.